The molecule has 0 atom stereocenters. The van der Waals surface area contributed by atoms with Crippen LogP contribution >= 0.6 is 0 Å². The zero-order valence-electron chi connectivity index (χ0n) is 19.0. The molecule has 2 aromatic carbocycles. The van der Waals surface area contributed by atoms with Gasteiger partial charge in [-0.3, -0.25) is 0 Å². The molecule has 0 N–H and O–H groups in total. The first-order valence-corrected chi connectivity index (χ1v) is 10.7. The molecule has 1 aliphatic heterocycles. The van der Waals surface area contributed by atoms with Crippen LogP contribution in [0.1, 0.15) is 43.2 Å². The summed E-state index contributed by atoms with van der Waals surface area (Å²) in [7, 11) is 0. The zero-order chi connectivity index (χ0) is 24.0. The number of ether oxygens (including phenoxy) is 1. The number of aromatic nitrogens is 2. The van der Waals surface area contributed by atoms with Crippen molar-refractivity contribution in [2.45, 2.75) is 52.4 Å². The number of alkyl halides is 3. The van der Waals surface area contributed by atoms with Crippen LogP contribution in [-0.2, 0) is 23.9 Å². The molecule has 5 nitrogen and oxygen atoms in total. The number of hydrogen-bond acceptors (Lipinski definition) is 3. The monoisotopic (exact) mass is 457 g/mol. The van der Waals surface area contributed by atoms with Crippen LogP contribution in [0.4, 0.5) is 18.0 Å². The molecule has 0 unspecified atom stereocenters. The van der Waals surface area contributed by atoms with E-state index in [0.717, 1.165) is 28.5 Å². The minimum atomic E-state index is -4.45. The minimum absolute atomic E-state index is 0.372. The van der Waals surface area contributed by atoms with E-state index in [-0.39, 0.29) is 6.09 Å². The van der Waals surface area contributed by atoms with Crippen molar-refractivity contribution in [3.63, 3.8) is 0 Å². The maximum Gasteiger partial charge on any atom is 0.416 e. The van der Waals surface area contributed by atoms with Crippen LogP contribution in [0.25, 0.3) is 16.8 Å². The molecule has 4 rings (SSSR count). The average Bonchev–Trinajstić information content (AvgIpc) is 3.16. The summed E-state index contributed by atoms with van der Waals surface area (Å²) >= 11 is 0. The largest absolute Gasteiger partial charge is 0.444 e. The molecule has 0 radical (unpaired) electrons. The number of carbonyl (C=O) groups excluding carboxylic acids is 1. The molecule has 0 spiro atoms. The quantitative estimate of drug-likeness (QED) is 0.463. The third kappa shape index (κ3) is 4.74. The second-order valence-electron chi connectivity index (χ2n) is 9.23. The summed E-state index contributed by atoms with van der Waals surface area (Å²) in [4.78, 5) is 18.3. The molecule has 0 saturated heterocycles. The Hall–Kier alpha value is -3.29. The van der Waals surface area contributed by atoms with Gasteiger partial charge in [-0.25, -0.2) is 9.78 Å². The summed E-state index contributed by atoms with van der Waals surface area (Å²) in [5.41, 5.74) is 3.38. The first-order valence-electron chi connectivity index (χ1n) is 10.7. The van der Waals surface area contributed by atoms with Gasteiger partial charge in [0.2, 0.25) is 0 Å². The van der Waals surface area contributed by atoms with Crippen LogP contribution in [0.15, 0.2) is 48.9 Å². The topological polar surface area (TPSA) is 47.4 Å². The summed E-state index contributed by atoms with van der Waals surface area (Å²) in [6, 6.07) is 9.53. The molecular formula is C25H26F3N3O2. The third-order valence-electron chi connectivity index (χ3n) is 5.62. The number of halogens is 3. The van der Waals surface area contributed by atoms with E-state index in [1.807, 2.05) is 39.0 Å². The summed E-state index contributed by atoms with van der Waals surface area (Å²) in [5.74, 6) is 0. The second-order valence-corrected chi connectivity index (χ2v) is 9.23. The average molecular weight is 457 g/mol. The smallest absolute Gasteiger partial charge is 0.416 e. The highest BCUT2D eigenvalue weighted by Crippen LogP contribution is 2.38. The van der Waals surface area contributed by atoms with Crippen molar-refractivity contribution in [3.8, 4) is 16.8 Å². The molecule has 2 heterocycles. The maximum absolute atomic E-state index is 13.5. The first kappa shape index (κ1) is 22.9. The van der Waals surface area contributed by atoms with Crippen molar-refractivity contribution in [2.24, 2.45) is 0 Å². The maximum atomic E-state index is 13.5. The van der Waals surface area contributed by atoms with E-state index in [9.17, 15) is 18.0 Å². The van der Waals surface area contributed by atoms with Crippen molar-refractivity contribution in [1.82, 2.24) is 14.5 Å². The highest BCUT2D eigenvalue weighted by atomic mass is 19.4. The summed E-state index contributed by atoms with van der Waals surface area (Å²) in [6.07, 6.45) is -1.11. The molecule has 1 aromatic heterocycles. The SMILES string of the molecule is Cc1cncn1-c1cc(C(F)(F)F)ccc1-c1cccc2c1CCN(C(=O)OC(C)(C)C)C2. The van der Waals surface area contributed by atoms with Gasteiger partial charge in [-0.05, 0) is 62.9 Å². The molecule has 1 aliphatic rings. The van der Waals surface area contributed by atoms with Crippen LogP contribution in [0.2, 0.25) is 0 Å². The van der Waals surface area contributed by atoms with Crippen molar-refractivity contribution < 1.29 is 22.7 Å². The zero-order valence-corrected chi connectivity index (χ0v) is 19.0. The van der Waals surface area contributed by atoms with Crippen molar-refractivity contribution in [1.29, 1.82) is 0 Å². The number of aryl methyl sites for hydroxylation is 1. The fourth-order valence-corrected chi connectivity index (χ4v) is 4.09. The van der Waals surface area contributed by atoms with Crippen molar-refractivity contribution in [3.05, 3.63) is 71.3 Å². The lowest BCUT2D eigenvalue weighted by Gasteiger charge is -2.32. The highest BCUT2D eigenvalue weighted by molar-refractivity contribution is 5.78. The highest BCUT2D eigenvalue weighted by Gasteiger charge is 2.32. The van der Waals surface area contributed by atoms with Crippen molar-refractivity contribution in [2.75, 3.05) is 6.54 Å². The van der Waals surface area contributed by atoms with E-state index < -0.39 is 17.3 Å². The lowest BCUT2D eigenvalue weighted by Crippen LogP contribution is -2.40. The molecule has 33 heavy (non-hydrogen) atoms. The third-order valence-corrected chi connectivity index (χ3v) is 5.62. The molecule has 0 saturated carbocycles. The fraction of sp³-hybridized carbons (Fsp3) is 0.360. The Morgan fingerprint density at radius 2 is 1.85 bits per heavy atom. The number of benzene rings is 2. The van der Waals surface area contributed by atoms with Gasteiger partial charge in [0.05, 0.1) is 17.6 Å². The van der Waals surface area contributed by atoms with Gasteiger partial charge in [-0.1, -0.05) is 24.3 Å². The molecule has 0 aliphatic carbocycles. The number of carbonyl (C=O) groups is 1. The lowest BCUT2D eigenvalue weighted by atomic mass is 9.89. The van der Waals surface area contributed by atoms with Gasteiger partial charge in [0.25, 0.3) is 0 Å². The fourth-order valence-electron chi connectivity index (χ4n) is 4.09. The van der Waals surface area contributed by atoms with Crippen LogP contribution in [0.3, 0.4) is 0 Å². The van der Waals surface area contributed by atoms with Crippen LogP contribution < -0.4 is 0 Å². The number of rotatable bonds is 2. The minimum Gasteiger partial charge on any atom is -0.444 e. The van der Waals surface area contributed by atoms with Crippen LogP contribution in [0, 0.1) is 6.92 Å². The van der Waals surface area contributed by atoms with Crippen LogP contribution in [-0.4, -0.2) is 32.7 Å². The summed E-state index contributed by atoms with van der Waals surface area (Å²) in [6.45, 7) is 8.13. The Bertz CT molecular complexity index is 1190. The predicted molar refractivity (Wildman–Crippen MR) is 119 cm³/mol. The Balaban J connectivity index is 1.77. The van der Waals surface area contributed by atoms with E-state index in [1.54, 1.807) is 22.6 Å². The summed E-state index contributed by atoms with van der Waals surface area (Å²) < 4.78 is 47.6. The normalized spacial score (nSPS) is 14.2. The van der Waals surface area contributed by atoms with E-state index in [1.165, 1.54) is 18.5 Å². The number of fused-ring (bicyclic) bond motifs is 1. The molecular weight excluding hydrogens is 431 g/mol. The van der Waals surface area contributed by atoms with E-state index in [4.69, 9.17) is 4.74 Å². The van der Waals surface area contributed by atoms with Gasteiger partial charge in [-0.2, -0.15) is 13.2 Å². The van der Waals surface area contributed by atoms with Gasteiger partial charge in [-0.15, -0.1) is 0 Å². The van der Waals surface area contributed by atoms with E-state index in [0.29, 0.717) is 30.8 Å². The van der Waals surface area contributed by atoms with E-state index >= 15 is 0 Å². The first-order chi connectivity index (χ1) is 15.4. The van der Waals surface area contributed by atoms with Gasteiger partial charge in [0, 0.05) is 30.5 Å². The van der Waals surface area contributed by atoms with Gasteiger partial charge < -0.3 is 14.2 Å². The lowest BCUT2D eigenvalue weighted by molar-refractivity contribution is -0.137. The number of imidazole rings is 1. The Labute approximate surface area is 190 Å². The van der Waals surface area contributed by atoms with Gasteiger partial charge in [0.1, 0.15) is 5.60 Å². The van der Waals surface area contributed by atoms with Crippen molar-refractivity contribution >= 4 is 6.09 Å². The second kappa shape index (κ2) is 8.24. The van der Waals surface area contributed by atoms with E-state index in [2.05, 4.69) is 4.98 Å². The standard InChI is InChI=1S/C25H26F3N3O2/c1-16-13-29-15-31(16)22-12-18(25(26,27)28)8-9-21(22)20-7-5-6-17-14-30(11-10-19(17)20)23(32)33-24(2,3)4/h5-9,12-13,15H,10-11,14H2,1-4H3. The molecule has 8 heteroatoms. The molecule has 0 bridgehead atoms. The molecule has 174 valence electrons. The van der Waals surface area contributed by atoms with Gasteiger partial charge >= 0.3 is 12.3 Å². The number of hydrogen-bond donors (Lipinski definition) is 0. The Kier molecular flexibility index (Phi) is 5.72. The number of amides is 1. The predicted octanol–water partition coefficient (Wildman–Crippen LogP) is 6.16. The Morgan fingerprint density at radius 3 is 2.48 bits per heavy atom. The molecule has 1 amide bonds. The summed E-state index contributed by atoms with van der Waals surface area (Å²) in [5, 5.41) is 0. The number of nitrogens with zero attached hydrogens (tertiary/aromatic N) is 3. The molecule has 0 fully saturated rings. The van der Waals surface area contributed by atoms with Gasteiger partial charge in [0.15, 0.2) is 0 Å². The van der Waals surface area contributed by atoms with Crippen LogP contribution in [0.5, 0.6) is 0 Å². The Morgan fingerprint density at radius 1 is 1.09 bits per heavy atom. The molecule has 3 aromatic rings.